The lowest BCUT2D eigenvalue weighted by atomic mass is 10.1. The Labute approximate surface area is 202 Å². The molecule has 0 saturated heterocycles. The lowest BCUT2D eigenvalue weighted by Gasteiger charge is -2.24. The van der Waals surface area contributed by atoms with Gasteiger partial charge in [0, 0.05) is 19.0 Å². The van der Waals surface area contributed by atoms with E-state index in [0.29, 0.717) is 17.0 Å². The number of halogens is 3. The van der Waals surface area contributed by atoms with Crippen LogP contribution >= 0.6 is 0 Å². The summed E-state index contributed by atoms with van der Waals surface area (Å²) >= 11 is 0. The second-order valence-corrected chi connectivity index (χ2v) is 13.7. The summed E-state index contributed by atoms with van der Waals surface area (Å²) < 4.78 is 46.0. The minimum atomic E-state index is -4.16. The van der Waals surface area contributed by atoms with E-state index in [1.165, 1.54) is 23.4 Å². The first-order valence-corrected chi connectivity index (χ1v) is 14.3. The van der Waals surface area contributed by atoms with E-state index in [1.807, 2.05) is 49.5 Å². The molecule has 0 aliphatic carbocycles. The zero-order chi connectivity index (χ0) is 25.8. The van der Waals surface area contributed by atoms with E-state index in [9.17, 15) is 18.0 Å². The van der Waals surface area contributed by atoms with Gasteiger partial charge in [0.05, 0.1) is 26.6 Å². The van der Waals surface area contributed by atoms with Crippen molar-refractivity contribution in [1.29, 1.82) is 0 Å². The molecule has 3 aromatic rings. The third-order valence-corrected chi connectivity index (χ3v) is 9.20. The molecular formula is C24H29F3N4O3Si. The van der Waals surface area contributed by atoms with E-state index in [-0.39, 0.29) is 24.4 Å². The van der Waals surface area contributed by atoms with Gasteiger partial charge in [0.25, 0.3) is 0 Å². The lowest BCUT2D eigenvalue weighted by molar-refractivity contribution is -0.130. The van der Waals surface area contributed by atoms with Crippen LogP contribution in [0.2, 0.25) is 19.1 Å². The summed E-state index contributed by atoms with van der Waals surface area (Å²) in [5.41, 5.74) is 2.29. The number of para-hydroxylation sites is 1. The molecule has 0 aliphatic heterocycles. The maximum atomic E-state index is 12.7. The summed E-state index contributed by atoms with van der Waals surface area (Å²) in [6.45, 7) is 5.74. The van der Waals surface area contributed by atoms with E-state index < -0.39 is 20.7 Å². The van der Waals surface area contributed by atoms with Crippen LogP contribution in [0.25, 0.3) is 5.69 Å². The number of alkyl halides is 3. The molecule has 0 radical (unpaired) electrons. The van der Waals surface area contributed by atoms with E-state index in [4.69, 9.17) is 9.57 Å². The molecule has 1 aromatic heterocycles. The Balaban J connectivity index is 1.78. The van der Waals surface area contributed by atoms with Crippen molar-refractivity contribution in [3.8, 4) is 11.7 Å². The monoisotopic (exact) mass is 506 g/mol. The van der Waals surface area contributed by atoms with Gasteiger partial charge >= 0.3 is 17.9 Å². The number of ether oxygens (including phenoxy) is 1. The topological polar surface area (TPSA) is 70.6 Å². The van der Waals surface area contributed by atoms with Gasteiger partial charge in [-0.05, 0) is 24.6 Å². The number of rotatable bonds is 9. The van der Waals surface area contributed by atoms with E-state index >= 15 is 0 Å². The van der Waals surface area contributed by atoms with Crippen molar-refractivity contribution in [3.63, 3.8) is 0 Å². The van der Waals surface area contributed by atoms with Crippen LogP contribution in [0.3, 0.4) is 0 Å². The molecule has 0 amide bonds. The number of methoxy groups -OCH3 is 1. The van der Waals surface area contributed by atoms with Crippen molar-refractivity contribution in [3.05, 3.63) is 70.1 Å². The molecule has 0 N–H and O–H groups in total. The molecule has 0 atom stereocenters. The standard InChI is InChI=1S/C24H29F3N4O3Si/c1-17(18-10-8-11-20(15-18)35(4,5)14-13-24(25,26)27)29-34-16-19-9-6-7-12-21(19)31-22(33-3)28-30(2)23(31)32/h6-12,15H,13-14,16H2,1-5H3. The second-order valence-electron chi connectivity index (χ2n) is 8.89. The van der Waals surface area contributed by atoms with Crippen molar-refractivity contribution in [2.24, 2.45) is 12.2 Å². The van der Waals surface area contributed by atoms with Crippen LogP contribution in [0.15, 0.2) is 58.5 Å². The molecule has 0 bridgehead atoms. The molecular weight excluding hydrogens is 477 g/mol. The fourth-order valence-corrected chi connectivity index (χ4v) is 5.94. The molecule has 3 rings (SSSR count). The summed E-state index contributed by atoms with van der Waals surface area (Å²) in [6, 6.07) is 14.9. The average Bonchev–Trinajstić information content (AvgIpc) is 3.11. The van der Waals surface area contributed by atoms with Crippen LogP contribution in [-0.2, 0) is 18.5 Å². The van der Waals surface area contributed by atoms with Crippen LogP contribution in [0.4, 0.5) is 13.2 Å². The molecule has 11 heteroatoms. The Morgan fingerprint density at radius 3 is 2.54 bits per heavy atom. The molecule has 0 unspecified atom stereocenters. The molecule has 2 aromatic carbocycles. The van der Waals surface area contributed by atoms with E-state index in [1.54, 1.807) is 19.1 Å². The van der Waals surface area contributed by atoms with Gasteiger partial charge in [0.1, 0.15) is 6.61 Å². The Morgan fingerprint density at radius 2 is 1.86 bits per heavy atom. The minimum Gasteiger partial charge on any atom is -0.467 e. The number of aromatic nitrogens is 3. The van der Waals surface area contributed by atoms with Gasteiger partial charge in [-0.25, -0.2) is 14.0 Å². The molecule has 0 aliphatic rings. The van der Waals surface area contributed by atoms with Gasteiger partial charge < -0.3 is 9.57 Å². The van der Waals surface area contributed by atoms with Crippen molar-refractivity contribution in [2.45, 2.75) is 45.3 Å². The fraction of sp³-hybridized carbons (Fsp3) is 0.375. The van der Waals surface area contributed by atoms with Crippen LogP contribution in [-0.4, -0.2) is 41.4 Å². The predicted octanol–water partition coefficient (Wildman–Crippen LogP) is 4.39. The number of hydrogen-bond acceptors (Lipinski definition) is 5. The number of nitrogens with zero attached hydrogens (tertiary/aromatic N) is 4. The minimum absolute atomic E-state index is 0.0868. The Kier molecular flexibility index (Phi) is 7.89. The molecule has 188 valence electrons. The third kappa shape index (κ3) is 6.41. The molecule has 7 nitrogen and oxygen atoms in total. The summed E-state index contributed by atoms with van der Waals surface area (Å²) in [5, 5.41) is 9.21. The maximum absolute atomic E-state index is 12.7. The van der Waals surface area contributed by atoms with Gasteiger partial charge in [0.2, 0.25) is 0 Å². The third-order valence-electron chi connectivity index (χ3n) is 5.83. The number of benzene rings is 2. The van der Waals surface area contributed by atoms with E-state index in [2.05, 4.69) is 10.3 Å². The van der Waals surface area contributed by atoms with Crippen molar-refractivity contribution < 1.29 is 22.7 Å². The maximum Gasteiger partial charge on any atom is 0.388 e. The Bertz CT molecular complexity index is 1270. The Hall–Kier alpha value is -3.34. The molecule has 1 heterocycles. The first kappa shape index (κ1) is 26.3. The van der Waals surface area contributed by atoms with Gasteiger partial charge in [-0.3, -0.25) is 0 Å². The molecule has 0 saturated carbocycles. The SMILES string of the molecule is COc1nn(C)c(=O)n1-c1ccccc1CON=C(C)c1cccc([Si](C)(C)CCC(F)(F)F)c1. The summed E-state index contributed by atoms with van der Waals surface area (Å²) in [6.07, 6.45) is -4.94. The normalized spacial score (nSPS) is 12.6. The van der Waals surface area contributed by atoms with Gasteiger partial charge in [-0.15, -0.1) is 5.10 Å². The smallest absolute Gasteiger partial charge is 0.388 e. The molecule has 0 fully saturated rings. The molecule has 35 heavy (non-hydrogen) atoms. The van der Waals surface area contributed by atoms with Gasteiger partial charge in [-0.2, -0.15) is 13.2 Å². The summed E-state index contributed by atoms with van der Waals surface area (Å²) in [7, 11) is 0.698. The van der Waals surface area contributed by atoms with Crippen LogP contribution in [0.1, 0.15) is 24.5 Å². The van der Waals surface area contributed by atoms with Crippen LogP contribution in [0.5, 0.6) is 6.01 Å². The van der Waals surface area contributed by atoms with Crippen LogP contribution < -0.4 is 15.6 Å². The predicted molar refractivity (Wildman–Crippen MR) is 131 cm³/mol. The van der Waals surface area contributed by atoms with E-state index in [0.717, 1.165) is 10.8 Å². The van der Waals surface area contributed by atoms with Gasteiger partial charge in [-0.1, -0.05) is 65.9 Å². The average molecular weight is 507 g/mol. The second kappa shape index (κ2) is 10.5. The number of aryl methyl sites for hydroxylation is 1. The van der Waals surface area contributed by atoms with Crippen LogP contribution in [0, 0.1) is 0 Å². The number of oxime groups is 1. The van der Waals surface area contributed by atoms with Crippen molar-refractivity contribution >= 4 is 19.0 Å². The van der Waals surface area contributed by atoms with Crippen molar-refractivity contribution in [1.82, 2.24) is 14.3 Å². The summed E-state index contributed by atoms with van der Waals surface area (Å²) in [5.74, 6) is 0. The van der Waals surface area contributed by atoms with Gasteiger partial charge in [0.15, 0.2) is 0 Å². The van der Waals surface area contributed by atoms with Crippen molar-refractivity contribution in [2.75, 3.05) is 7.11 Å². The number of hydrogen-bond donors (Lipinski definition) is 0. The largest absolute Gasteiger partial charge is 0.467 e. The Morgan fingerprint density at radius 1 is 1.14 bits per heavy atom. The first-order chi connectivity index (χ1) is 16.4. The highest BCUT2D eigenvalue weighted by molar-refractivity contribution is 6.89. The zero-order valence-corrected chi connectivity index (χ0v) is 21.4. The highest BCUT2D eigenvalue weighted by Gasteiger charge is 2.33. The summed E-state index contributed by atoms with van der Waals surface area (Å²) in [4.78, 5) is 18.1. The highest BCUT2D eigenvalue weighted by Crippen LogP contribution is 2.26. The highest BCUT2D eigenvalue weighted by atomic mass is 28.3. The zero-order valence-electron chi connectivity index (χ0n) is 20.4. The lowest BCUT2D eigenvalue weighted by Crippen LogP contribution is -2.42. The first-order valence-electron chi connectivity index (χ1n) is 11.1. The fourth-order valence-electron chi connectivity index (χ4n) is 3.65. The quantitative estimate of drug-likeness (QED) is 0.245. The molecule has 0 spiro atoms.